The minimum Gasteiger partial charge on any atom is -0.397 e. The number of nitrogen functional groups attached to an aromatic ring is 1. The van der Waals surface area contributed by atoms with Crippen LogP contribution in [0.25, 0.3) is 0 Å². The molecule has 0 saturated heterocycles. The van der Waals surface area contributed by atoms with Crippen molar-refractivity contribution in [3.8, 4) is 0 Å². The number of nitrogens with two attached hydrogens (primary N) is 2. The molecule has 0 bridgehead atoms. The Morgan fingerprint density at radius 2 is 1.82 bits per heavy atom. The molecule has 5 nitrogen and oxygen atoms in total. The number of primary sulfonamides is 1. The highest BCUT2D eigenvalue weighted by atomic mass is 32.2. The number of anilines is 2. The molecule has 1 aromatic carbocycles. The van der Waals surface area contributed by atoms with E-state index in [1.54, 1.807) is 0 Å². The second-order valence-electron chi connectivity index (χ2n) is 4.47. The van der Waals surface area contributed by atoms with E-state index in [9.17, 15) is 8.42 Å². The highest BCUT2D eigenvalue weighted by molar-refractivity contribution is 7.89. The summed E-state index contributed by atoms with van der Waals surface area (Å²) in [5, 5.41) is 8.25. The fourth-order valence-corrected chi connectivity index (χ4v) is 1.79. The average molecular weight is 257 g/mol. The van der Waals surface area contributed by atoms with E-state index in [4.69, 9.17) is 10.9 Å². The number of nitrogens with one attached hydrogen (secondary N) is 1. The summed E-state index contributed by atoms with van der Waals surface area (Å²) >= 11 is 0. The predicted octanol–water partition coefficient (Wildman–Crippen LogP) is 1.37. The SMILES string of the molecule is CC(C)C(C)Nc1cc(S(N)(=O)=O)ccc1N. The Kier molecular flexibility index (Phi) is 4.00. The van der Waals surface area contributed by atoms with Gasteiger partial charge in [-0.1, -0.05) is 13.8 Å². The summed E-state index contributed by atoms with van der Waals surface area (Å²) in [5.41, 5.74) is 6.88. The van der Waals surface area contributed by atoms with Crippen molar-refractivity contribution in [3.05, 3.63) is 18.2 Å². The largest absolute Gasteiger partial charge is 0.397 e. The number of hydrogen-bond acceptors (Lipinski definition) is 4. The maximum Gasteiger partial charge on any atom is 0.238 e. The number of rotatable bonds is 4. The van der Waals surface area contributed by atoms with Crippen LogP contribution < -0.4 is 16.2 Å². The molecule has 0 aliphatic carbocycles. The highest BCUT2D eigenvalue weighted by Gasteiger charge is 2.13. The van der Waals surface area contributed by atoms with Crippen molar-refractivity contribution in [1.29, 1.82) is 0 Å². The van der Waals surface area contributed by atoms with E-state index in [1.165, 1.54) is 18.2 Å². The topological polar surface area (TPSA) is 98.2 Å². The molecule has 96 valence electrons. The maximum absolute atomic E-state index is 11.2. The van der Waals surface area contributed by atoms with Gasteiger partial charge in [0.1, 0.15) is 0 Å². The molecule has 0 heterocycles. The maximum atomic E-state index is 11.2. The van der Waals surface area contributed by atoms with Gasteiger partial charge >= 0.3 is 0 Å². The van der Waals surface area contributed by atoms with Crippen LogP contribution in [0, 0.1) is 5.92 Å². The average Bonchev–Trinajstić information content (AvgIpc) is 2.19. The molecule has 0 aliphatic rings. The Hall–Kier alpha value is -1.27. The first kappa shape index (κ1) is 13.8. The van der Waals surface area contributed by atoms with Gasteiger partial charge in [0.2, 0.25) is 10.0 Å². The van der Waals surface area contributed by atoms with Crippen molar-refractivity contribution in [1.82, 2.24) is 0 Å². The first-order chi connectivity index (χ1) is 7.71. The molecule has 0 saturated carbocycles. The van der Waals surface area contributed by atoms with Crippen molar-refractivity contribution >= 4 is 21.4 Å². The first-order valence-corrected chi connectivity index (χ1v) is 6.95. The molecule has 0 fully saturated rings. The van der Waals surface area contributed by atoms with Crippen molar-refractivity contribution in [2.75, 3.05) is 11.1 Å². The van der Waals surface area contributed by atoms with E-state index < -0.39 is 10.0 Å². The van der Waals surface area contributed by atoms with Gasteiger partial charge in [0, 0.05) is 6.04 Å². The number of benzene rings is 1. The van der Waals surface area contributed by atoms with Crippen LogP contribution in [-0.2, 0) is 10.0 Å². The predicted molar refractivity (Wildman–Crippen MR) is 70.2 cm³/mol. The summed E-state index contributed by atoms with van der Waals surface area (Å²) < 4.78 is 22.5. The van der Waals surface area contributed by atoms with E-state index >= 15 is 0 Å². The third kappa shape index (κ3) is 3.61. The van der Waals surface area contributed by atoms with E-state index in [1.807, 2.05) is 6.92 Å². The van der Waals surface area contributed by atoms with Crippen LogP contribution in [0.3, 0.4) is 0 Å². The second-order valence-corrected chi connectivity index (χ2v) is 6.03. The Bertz CT molecular complexity index is 497. The molecule has 0 aromatic heterocycles. The van der Waals surface area contributed by atoms with Crippen LogP contribution in [-0.4, -0.2) is 14.5 Å². The fourth-order valence-electron chi connectivity index (χ4n) is 1.25. The van der Waals surface area contributed by atoms with Crippen molar-refractivity contribution < 1.29 is 8.42 Å². The van der Waals surface area contributed by atoms with Gasteiger partial charge < -0.3 is 11.1 Å². The molecule has 0 aliphatic heterocycles. The van der Waals surface area contributed by atoms with Crippen molar-refractivity contribution in [2.45, 2.75) is 31.7 Å². The Morgan fingerprint density at radius 1 is 1.24 bits per heavy atom. The molecule has 17 heavy (non-hydrogen) atoms. The van der Waals surface area contributed by atoms with Crippen molar-refractivity contribution in [2.24, 2.45) is 11.1 Å². The van der Waals surface area contributed by atoms with Gasteiger partial charge in [0.25, 0.3) is 0 Å². The second kappa shape index (κ2) is 4.93. The summed E-state index contributed by atoms with van der Waals surface area (Å²) in [6, 6.07) is 4.59. The molecule has 0 spiro atoms. The van der Waals surface area contributed by atoms with Crippen molar-refractivity contribution in [3.63, 3.8) is 0 Å². The quantitative estimate of drug-likeness (QED) is 0.709. The lowest BCUT2D eigenvalue weighted by molar-refractivity contribution is 0.560. The smallest absolute Gasteiger partial charge is 0.238 e. The lowest BCUT2D eigenvalue weighted by atomic mass is 10.1. The third-order valence-corrected chi connectivity index (χ3v) is 3.65. The zero-order chi connectivity index (χ0) is 13.2. The molecule has 1 unspecified atom stereocenters. The summed E-state index contributed by atoms with van der Waals surface area (Å²) in [5.74, 6) is 0.410. The van der Waals surface area contributed by atoms with E-state index in [0.717, 1.165) is 0 Å². The van der Waals surface area contributed by atoms with Gasteiger partial charge in [-0.15, -0.1) is 0 Å². The molecule has 0 radical (unpaired) electrons. The minimum absolute atomic E-state index is 0.0603. The van der Waals surface area contributed by atoms with Gasteiger partial charge in [-0.25, -0.2) is 13.6 Å². The summed E-state index contributed by atoms with van der Waals surface area (Å²) in [6.45, 7) is 6.14. The number of hydrogen-bond donors (Lipinski definition) is 3. The molecule has 1 aromatic rings. The van der Waals surface area contributed by atoms with Gasteiger partial charge in [0.05, 0.1) is 16.3 Å². The highest BCUT2D eigenvalue weighted by Crippen LogP contribution is 2.24. The van der Waals surface area contributed by atoms with Gasteiger partial charge in [0.15, 0.2) is 0 Å². The van der Waals surface area contributed by atoms with Crippen LogP contribution in [0.15, 0.2) is 23.1 Å². The zero-order valence-corrected chi connectivity index (χ0v) is 11.1. The molecule has 5 N–H and O–H groups in total. The first-order valence-electron chi connectivity index (χ1n) is 5.40. The Balaban J connectivity index is 3.08. The monoisotopic (exact) mass is 257 g/mol. The number of sulfonamides is 1. The summed E-state index contributed by atoms with van der Waals surface area (Å²) in [6.07, 6.45) is 0. The van der Waals surface area contributed by atoms with Gasteiger partial charge in [-0.2, -0.15) is 0 Å². The van der Waals surface area contributed by atoms with Crippen LogP contribution >= 0.6 is 0 Å². The Labute approximate surface area is 102 Å². The standard InChI is InChI=1S/C11H19N3O2S/c1-7(2)8(3)14-11-6-9(17(13,15)16)4-5-10(11)12/h4-8,14H,12H2,1-3H3,(H2,13,15,16). The van der Waals surface area contributed by atoms with E-state index in [-0.39, 0.29) is 10.9 Å². The molecular weight excluding hydrogens is 238 g/mol. The van der Waals surface area contributed by atoms with Crippen LogP contribution in [0.1, 0.15) is 20.8 Å². The molecule has 1 rings (SSSR count). The van der Waals surface area contributed by atoms with Gasteiger partial charge in [-0.3, -0.25) is 0 Å². The molecule has 0 amide bonds. The normalized spacial score (nSPS) is 13.7. The lowest BCUT2D eigenvalue weighted by Gasteiger charge is -2.20. The third-order valence-electron chi connectivity index (χ3n) is 2.74. The van der Waals surface area contributed by atoms with E-state index in [0.29, 0.717) is 17.3 Å². The summed E-state index contributed by atoms with van der Waals surface area (Å²) in [7, 11) is -3.69. The van der Waals surface area contributed by atoms with Gasteiger partial charge in [-0.05, 0) is 31.0 Å². The summed E-state index contributed by atoms with van der Waals surface area (Å²) in [4.78, 5) is 0.0603. The molecular formula is C11H19N3O2S. The zero-order valence-electron chi connectivity index (χ0n) is 10.3. The van der Waals surface area contributed by atoms with Crippen LogP contribution in [0.4, 0.5) is 11.4 Å². The molecule has 1 atom stereocenters. The fraction of sp³-hybridized carbons (Fsp3) is 0.455. The Morgan fingerprint density at radius 3 is 2.29 bits per heavy atom. The molecule has 6 heteroatoms. The van der Waals surface area contributed by atoms with Crippen LogP contribution in [0.5, 0.6) is 0 Å². The van der Waals surface area contributed by atoms with E-state index in [2.05, 4.69) is 19.2 Å². The van der Waals surface area contributed by atoms with Crippen LogP contribution in [0.2, 0.25) is 0 Å². The lowest BCUT2D eigenvalue weighted by Crippen LogP contribution is -2.22. The minimum atomic E-state index is -3.69.